The molecule has 0 amide bonds. The Morgan fingerprint density at radius 2 is 2.06 bits per heavy atom. The first-order valence-electron chi connectivity index (χ1n) is 6.18. The van der Waals surface area contributed by atoms with Crippen LogP contribution in [0.3, 0.4) is 0 Å². The number of nitrogens with zero attached hydrogens (tertiary/aromatic N) is 1. The van der Waals surface area contributed by atoms with Gasteiger partial charge < -0.3 is 0 Å². The third kappa shape index (κ3) is 6.52. The molecule has 0 aliphatic rings. The highest BCUT2D eigenvalue weighted by Gasteiger charge is 2.03. The van der Waals surface area contributed by atoms with Gasteiger partial charge in [-0.25, -0.2) is 0 Å². The number of carbonyl (C=O) groups excluding carboxylic acids is 1. The van der Waals surface area contributed by atoms with Crippen molar-refractivity contribution in [1.82, 2.24) is 4.98 Å². The number of rotatable bonds is 8. The summed E-state index contributed by atoms with van der Waals surface area (Å²) < 4.78 is 0. The second-order valence-electron chi connectivity index (χ2n) is 4.15. The standard InChI is InChI=1S/C15H19NO/c1-2-3-4-5-6-7-11-15(17)13-14-10-8-9-12-16-14/h1,8-10,12H,3-7,11,13H2. The van der Waals surface area contributed by atoms with Crippen molar-refractivity contribution in [2.75, 3.05) is 0 Å². The van der Waals surface area contributed by atoms with E-state index in [0.717, 1.165) is 37.8 Å². The summed E-state index contributed by atoms with van der Waals surface area (Å²) >= 11 is 0. The number of carbonyl (C=O) groups is 1. The number of pyridine rings is 1. The van der Waals surface area contributed by atoms with Crippen LogP contribution in [0.25, 0.3) is 0 Å². The SMILES string of the molecule is C#CCCCCCCC(=O)Cc1ccccn1. The first-order valence-corrected chi connectivity index (χ1v) is 6.18. The van der Waals surface area contributed by atoms with Crippen LogP contribution in [0, 0.1) is 12.3 Å². The van der Waals surface area contributed by atoms with Crippen LogP contribution in [-0.4, -0.2) is 10.8 Å². The molecule has 1 aromatic rings. The van der Waals surface area contributed by atoms with Crippen LogP contribution in [0.15, 0.2) is 24.4 Å². The third-order valence-electron chi connectivity index (χ3n) is 2.63. The van der Waals surface area contributed by atoms with Crippen molar-refractivity contribution < 1.29 is 4.79 Å². The second kappa shape index (κ2) is 8.52. The van der Waals surface area contributed by atoms with Gasteiger partial charge in [0.25, 0.3) is 0 Å². The lowest BCUT2D eigenvalue weighted by Crippen LogP contribution is -2.03. The maximum atomic E-state index is 11.6. The Kier molecular flexibility index (Phi) is 6.74. The van der Waals surface area contributed by atoms with Gasteiger partial charge in [-0.3, -0.25) is 9.78 Å². The Balaban J connectivity index is 2.08. The van der Waals surface area contributed by atoms with Crippen molar-refractivity contribution in [2.24, 2.45) is 0 Å². The summed E-state index contributed by atoms with van der Waals surface area (Å²) in [4.78, 5) is 15.8. The average Bonchev–Trinajstić information content (AvgIpc) is 2.35. The molecule has 1 aromatic heterocycles. The molecule has 0 N–H and O–H groups in total. The fraction of sp³-hybridized carbons (Fsp3) is 0.467. The Labute approximate surface area is 103 Å². The van der Waals surface area contributed by atoms with E-state index < -0.39 is 0 Å². The van der Waals surface area contributed by atoms with E-state index >= 15 is 0 Å². The number of Topliss-reactive ketones (excluding diaryl/α,β-unsaturated/α-hetero) is 1. The molecule has 2 nitrogen and oxygen atoms in total. The molecule has 0 saturated carbocycles. The zero-order valence-electron chi connectivity index (χ0n) is 10.2. The minimum Gasteiger partial charge on any atom is -0.299 e. The van der Waals surface area contributed by atoms with Gasteiger partial charge in [0.15, 0.2) is 0 Å². The quantitative estimate of drug-likeness (QED) is 0.506. The minimum atomic E-state index is 0.278. The smallest absolute Gasteiger partial charge is 0.138 e. The molecule has 0 bridgehead atoms. The van der Waals surface area contributed by atoms with Crippen molar-refractivity contribution in [3.05, 3.63) is 30.1 Å². The molecule has 2 heteroatoms. The number of hydrogen-bond acceptors (Lipinski definition) is 2. The number of aromatic nitrogens is 1. The van der Waals surface area contributed by atoms with E-state index in [1.54, 1.807) is 6.20 Å². The average molecular weight is 229 g/mol. The number of ketones is 1. The Bertz CT molecular complexity index is 364. The lowest BCUT2D eigenvalue weighted by Gasteiger charge is -2.00. The highest BCUT2D eigenvalue weighted by Crippen LogP contribution is 2.07. The largest absolute Gasteiger partial charge is 0.299 e. The highest BCUT2D eigenvalue weighted by atomic mass is 16.1. The van der Waals surface area contributed by atoms with Gasteiger partial charge in [0.1, 0.15) is 5.78 Å². The van der Waals surface area contributed by atoms with Crippen molar-refractivity contribution in [3.63, 3.8) is 0 Å². The van der Waals surface area contributed by atoms with Crippen molar-refractivity contribution in [1.29, 1.82) is 0 Å². The van der Waals surface area contributed by atoms with Crippen LogP contribution in [-0.2, 0) is 11.2 Å². The van der Waals surface area contributed by atoms with E-state index in [1.807, 2.05) is 18.2 Å². The van der Waals surface area contributed by atoms with E-state index in [-0.39, 0.29) is 5.78 Å². The number of hydrogen-bond donors (Lipinski definition) is 0. The number of terminal acetylenes is 1. The molecular weight excluding hydrogens is 210 g/mol. The molecule has 0 aliphatic heterocycles. The first kappa shape index (κ1) is 13.4. The van der Waals surface area contributed by atoms with Crippen molar-refractivity contribution >= 4 is 5.78 Å². The van der Waals surface area contributed by atoms with Crippen LogP contribution < -0.4 is 0 Å². The summed E-state index contributed by atoms with van der Waals surface area (Å²) in [6, 6.07) is 5.67. The maximum Gasteiger partial charge on any atom is 0.138 e. The van der Waals surface area contributed by atoms with Crippen molar-refractivity contribution in [3.8, 4) is 12.3 Å². The van der Waals surface area contributed by atoms with E-state index in [2.05, 4.69) is 10.9 Å². The van der Waals surface area contributed by atoms with Gasteiger partial charge in [0, 0.05) is 31.2 Å². The zero-order valence-corrected chi connectivity index (χ0v) is 10.2. The topological polar surface area (TPSA) is 30.0 Å². The molecule has 0 fully saturated rings. The van der Waals surface area contributed by atoms with Gasteiger partial charge in [0.2, 0.25) is 0 Å². The van der Waals surface area contributed by atoms with E-state index in [9.17, 15) is 4.79 Å². The molecule has 0 saturated heterocycles. The molecule has 0 spiro atoms. The molecular formula is C15H19NO. The summed E-state index contributed by atoms with van der Waals surface area (Å²) in [6.45, 7) is 0. The third-order valence-corrected chi connectivity index (χ3v) is 2.63. The predicted molar refractivity (Wildman–Crippen MR) is 69.5 cm³/mol. The second-order valence-corrected chi connectivity index (χ2v) is 4.15. The number of unbranched alkanes of at least 4 members (excludes halogenated alkanes) is 4. The molecule has 0 aromatic carbocycles. The Morgan fingerprint density at radius 3 is 2.76 bits per heavy atom. The van der Waals surface area contributed by atoms with Gasteiger partial charge in [0.05, 0.1) is 0 Å². The van der Waals surface area contributed by atoms with Crippen LogP contribution in [0.4, 0.5) is 0 Å². The molecule has 1 rings (SSSR count). The molecule has 90 valence electrons. The molecule has 0 unspecified atom stereocenters. The Hall–Kier alpha value is -1.62. The lowest BCUT2D eigenvalue weighted by atomic mass is 10.1. The summed E-state index contributed by atoms with van der Waals surface area (Å²) in [5.41, 5.74) is 0.866. The first-order chi connectivity index (χ1) is 8.33. The van der Waals surface area contributed by atoms with E-state index in [4.69, 9.17) is 6.42 Å². The van der Waals surface area contributed by atoms with Crippen LogP contribution in [0.5, 0.6) is 0 Å². The monoisotopic (exact) mass is 229 g/mol. The fourth-order valence-electron chi connectivity index (χ4n) is 1.70. The van der Waals surface area contributed by atoms with Crippen LogP contribution in [0.2, 0.25) is 0 Å². The summed E-state index contributed by atoms with van der Waals surface area (Å²) in [5.74, 6) is 2.90. The molecule has 1 heterocycles. The van der Waals surface area contributed by atoms with Gasteiger partial charge >= 0.3 is 0 Å². The molecule has 0 radical (unpaired) electrons. The maximum absolute atomic E-state index is 11.6. The van der Waals surface area contributed by atoms with E-state index in [1.165, 1.54) is 0 Å². The lowest BCUT2D eigenvalue weighted by molar-refractivity contribution is -0.118. The minimum absolute atomic E-state index is 0.278. The Morgan fingerprint density at radius 1 is 1.24 bits per heavy atom. The predicted octanol–water partition coefficient (Wildman–Crippen LogP) is 3.17. The zero-order chi connectivity index (χ0) is 12.3. The van der Waals surface area contributed by atoms with Gasteiger partial charge in [-0.05, 0) is 25.0 Å². The summed E-state index contributed by atoms with van der Waals surface area (Å²) in [6.07, 6.45) is 13.1. The van der Waals surface area contributed by atoms with Gasteiger partial charge in [-0.2, -0.15) is 0 Å². The van der Waals surface area contributed by atoms with Gasteiger partial charge in [-0.15, -0.1) is 12.3 Å². The molecule has 0 aliphatic carbocycles. The van der Waals surface area contributed by atoms with Crippen LogP contribution in [0.1, 0.15) is 44.2 Å². The fourth-order valence-corrected chi connectivity index (χ4v) is 1.70. The van der Waals surface area contributed by atoms with Gasteiger partial charge in [-0.1, -0.05) is 18.9 Å². The molecule has 17 heavy (non-hydrogen) atoms. The normalized spacial score (nSPS) is 9.82. The summed E-state index contributed by atoms with van der Waals surface area (Å²) in [5, 5.41) is 0. The summed E-state index contributed by atoms with van der Waals surface area (Å²) in [7, 11) is 0. The molecule has 0 atom stereocenters. The van der Waals surface area contributed by atoms with E-state index in [0.29, 0.717) is 12.8 Å². The highest BCUT2D eigenvalue weighted by molar-refractivity contribution is 5.80. The van der Waals surface area contributed by atoms with Crippen molar-refractivity contribution in [2.45, 2.75) is 44.9 Å². The van der Waals surface area contributed by atoms with Crippen LogP contribution >= 0.6 is 0 Å².